The minimum absolute atomic E-state index is 0.0152. The van der Waals surface area contributed by atoms with Gasteiger partial charge in [0.1, 0.15) is 33.7 Å². The Hall–Kier alpha value is -3.41. The molecule has 0 unspecified atom stereocenters. The van der Waals surface area contributed by atoms with Crippen LogP contribution in [0.2, 0.25) is 0 Å². The van der Waals surface area contributed by atoms with Crippen LogP contribution in [0.15, 0.2) is 39.1 Å². The van der Waals surface area contributed by atoms with Gasteiger partial charge >= 0.3 is 0 Å². The Bertz CT molecular complexity index is 1290. The molecule has 0 radical (unpaired) electrons. The molecular formula is C23H22O6. The molecule has 2 heterocycles. The summed E-state index contributed by atoms with van der Waals surface area (Å²) < 4.78 is 11.8. The number of aromatic hydroxyl groups is 3. The molecule has 6 nitrogen and oxygen atoms in total. The van der Waals surface area contributed by atoms with Gasteiger partial charge in [-0.3, -0.25) is 4.79 Å². The summed E-state index contributed by atoms with van der Waals surface area (Å²) >= 11 is 0. The van der Waals surface area contributed by atoms with E-state index in [0.29, 0.717) is 17.5 Å². The molecule has 6 heteroatoms. The van der Waals surface area contributed by atoms with Crippen LogP contribution >= 0.6 is 0 Å². The molecule has 0 fully saturated rings. The van der Waals surface area contributed by atoms with Crippen molar-refractivity contribution in [1.82, 2.24) is 0 Å². The lowest BCUT2D eigenvalue weighted by Gasteiger charge is -2.28. The van der Waals surface area contributed by atoms with Crippen molar-refractivity contribution in [2.24, 2.45) is 0 Å². The summed E-state index contributed by atoms with van der Waals surface area (Å²) in [6, 6.07) is 2.48. The van der Waals surface area contributed by atoms with E-state index in [2.05, 4.69) is 0 Å². The predicted octanol–water partition coefficient (Wildman–Crippen LogP) is 4.76. The van der Waals surface area contributed by atoms with Crippen molar-refractivity contribution < 1.29 is 24.5 Å². The maximum absolute atomic E-state index is 13.4. The number of rotatable bonds is 2. The van der Waals surface area contributed by atoms with E-state index in [4.69, 9.17) is 9.15 Å². The lowest BCUT2D eigenvalue weighted by Crippen LogP contribution is -2.28. The molecule has 29 heavy (non-hydrogen) atoms. The lowest BCUT2D eigenvalue weighted by molar-refractivity contribution is 0.153. The molecule has 1 aliphatic rings. The van der Waals surface area contributed by atoms with Crippen LogP contribution in [0.25, 0.3) is 28.0 Å². The van der Waals surface area contributed by atoms with E-state index in [1.165, 1.54) is 6.07 Å². The van der Waals surface area contributed by atoms with Gasteiger partial charge < -0.3 is 24.5 Å². The SMILES string of the molecule is CC(C)=CCc1c(O)cc(O)c2c(=O)c3c4c(c(O)cc3oc12)OC(C)(C)C=C4. The molecule has 150 valence electrons. The number of fused-ring (bicyclic) bond motifs is 4. The third-order valence-corrected chi connectivity index (χ3v) is 5.00. The molecule has 1 aliphatic heterocycles. The van der Waals surface area contributed by atoms with E-state index >= 15 is 0 Å². The Morgan fingerprint density at radius 2 is 1.79 bits per heavy atom. The summed E-state index contributed by atoms with van der Waals surface area (Å²) in [5, 5.41) is 31.4. The van der Waals surface area contributed by atoms with Crippen molar-refractivity contribution in [3.8, 4) is 23.0 Å². The van der Waals surface area contributed by atoms with Gasteiger partial charge in [0, 0.05) is 23.3 Å². The summed E-state index contributed by atoms with van der Waals surface area (Å²) in [6.07, 6.45) is 5.71. The molecular weight excluding hydrogens is 372 g/mol. The molecule has 0 bridgehead atoms. The standard InChI is InChI=1S/C23H22O6/c1-11(2)5-6-12-14(24)9-15(25)19-20(27)18-13-7-8-23(3,4)29-21(13)16(26)10-17(18)28-22(12)19/h5,7-10,24-26H,6H2,1-4H3. The molecule has 3 N–H and O–H groups in total. The summed E-state index contributed by atoms with van der Waals surface area (Å²) in [5.41, 5.74) is 0.969. The van der Waals surface area contributed by atoms with Crippen molar-refractivity contribution in [2.75, 3.05) is 0 Å². The Morgan fingerprint density at radius 1 is 1.07 bits per heavy atom. The highest BCUT2D eigenvalue weighted by Gasteiger charge is 2.28. The second kappa shape index (κ2) is 6.30. The second-order valence-corrected chi connectivity index (χ2v) is 8.06. The summed E-state index contributed by atoms with van der Waals surface area (Å²) in [7, 11) is 0. The number of allylic oxidation sites excluding steroid dienone is 2. The van der Waals surface area contributed by atoms with Crippen LogP contribution in [0.4, 0.5) is 0 Å². The van der Waals surface area contributed by atoms with Gasteiger partial charge in [0.05, 0.1) is 5.39 Å². The number of benzene rings is 2. The monoisotopic (exact) mass is 394 g/mol. The third kappa shape index (κ3) is 3.01. The average molecular weight is 394 g/mol. The van der Waals surface area contributed by atoms with Crippen molar-refractivity contribution in [2.45, 2.75) is 39.7 Å². The topological polar surface area (TPSA) is 100 Å². The van der Waals surface area contributed by atoms with Gasteiger partial charge in [0.15, 0.2) is 11.5 Å². The number of ether oxygens (including phenoxy) is 1. The number of phenols is 3. The zero-order valence-electron chi connectivity index (χ0n) is 16.7. The predicted molar refractivity (Wildman–Crippen MR) is 112 cm³/mol. The van der Waals surface area contributed by atoms with Gasteiger partial charge in [-0.15, -0.1) is 0 Å². The highest BCUT2D eigenvalue weighted by atomic mass is 16.5. The van der Waals surface area contributed by atoms with Crippen LogP contribution in [-0.4, -0.2) is 20.9 Å². The van der Waals surface area contributed by atoms with Crippen molar-refractivity contribution in [1.29, 1.82) is 0 Å². The zero-order chi connectivity index (χ0) is 21.1. The highest BCUT2D eigenvalue weighted by molar-refractivity contribution is 6.01. The average Bonchev–Trinajstić information content (AvgIpc) is 2.60. The van der Waals surface area contributed by atoms with Crippen LogP contribution < -0.4 is 10.2 Å². The summed E-state index contributed by atoms with van der Waals surface area (Å²) in [6.45, 7) is 7.51. The van der Waals surface area contributed by atoms with E-state index in [1.807, 2.05) is 33.8 Å². The number of phenolic OH excluding ortho intramolecular Hbond substituents is 3. The summed E-state index contributed by atoms with van der Waals surface area (Å²) in [4.78, 5) is 13.4. The first-order chi connectivity index (χ1) is 13.6. The second-order valence-electron chi connectivity index (χ2n) is 8.06. The van der Waals surface area contributed by atoms with Crippen LogP contribution in [0.5, 0.6) is 23.0 Å². The van der Waals surface area contributed by atoms with E-state index < -0.39 is 11.0 Å². The van der Waals surface area contributed by atoms with Gasteiger partial charge in [-0.1, -0.05) is 17.7 Å². The quantitative estimate of drug-likeness (QED) is 0.428. The largest absolute Gasteiger partial charge is 0.507 e. The number of hydrogen-bond donors (Lipinski definition) is 3. The minimum Gasteiger partial charge on any atom is -0.507 e. The van der Waals surface area contributed by atoms with E-state index in [9.17, 15) is 20.1 Å². The molecule has 0 aliphatic carbocycles. The summed E-state index contributed by atoms with van der Waals surface area (Å²) in [5.74, 6) is -0.485. The highest BCUT2D eigenvalue weighted by Crippen LogP contribution is 2.44. The zero-order valence-corrected chi connectivity index (χ0v) is 16.7. The Morgan fingerprint density at radius 3 is 2.48 bits per heavy atom. The van der Waals surface area contributed by atoms with Gasteiger partial charge in [-0.25, -0.2) is 0 Å². The molecule has 0 atom stereocenters. The molecule has 2 aromatic carbocycles. The first-order valence-electron chi connectivity index (χ1n) is 9.31. The van der Waals surface area contributed by atoms with Gasteiger partial charge in [0.2, 0.25) is 5.43 Å². The third-order valence-electron chi connectivity index (χ3n) is 5.00. The first kappa shape index (κ1) is 18.9. The van der Waals surface area contributed by atoms with Crippen LogP contribution in [-0.2, 0) is 6.42 Å². The van der Waals surface area contributed by atoms with Gasteiger partial charge in [-0.05, 0) is 40.2 Å². The smallest absolute Gasteiger partial charge is 0.205 e. The van der Waals surface area contributed by atoms with E-state index in [1.54, 1.807) is 12.2 Å². The fraction of sp³-hybridized carbons (Fsp3) is 0.261. The number of hydrogen-bond acceptors (Lipinski definition) is 6. The Labute approximate surface area is 167 Å². The van der Waals surface area contributed by atoms with Crippen LogP contribution in [0.1, 0.15) is 38.8 Å². The molecule has 1 aromatic heterocycles. The maximum Gasteiger partial charge on any atom is 0.205 e. The Balaban J connectivity index is 2.14. The molecule has 0 amide bonds. The first-order valence-corrected chi connectivity index (χ1v) is 9.31. The van der Waals surface area contributed by atoms with Gasteiger partial charge in [0.25, 0.3) is 0 Å². The van der Waals surface area contributed by atoms with Crippen molar-refractivity contribution in [3.05, 3.63) is 51.2 Å². The maximum atomic E-state index is 13.4. The van der Waals surface area contributed by atoms with Crippen molar-refractivity contribution in [3.63, 3.8) is 0 Å². The fourth-order valence-corrected chi connectivity index (χ4v) is 3.55. The van der Waals surface area contributed by atoms with Crippen LogP contribution in [0, 0.1) is 0 Å². The molecule has 0 saturated carbocycles. The van der Waals surface area contributed by atoms with Gasteiger partial charge in [-0.2, -0.15) is 0 Å². The molecule has 0 spiro atoms. The van der Waals surface area contributed by atoms with Crippen molar-refractivity contribution >= 4 is 28.0 Å². The Kier molecular flexibility index (Phi) is 4.12. The minimum atomic E-state index is -0.638. The van der Waals surface area contributed by atoms with E-state index in [-0.39, 0.29) is 44.9 Å². The fourth-order valence-electron chi connectivity index (χ4n) is 3.55. The molecule has 4 rings (SSSR count). The molecule has 0 saturated heterocycles. The molecule has 3 aromatic rings. The van der Waals surface area contributed by atoms with Crippen LogP contribution in [0.3, 0.4) is 0 Å². The van der Waals surface area contributed by atoms with E-state index in [0.717, 1.165) is 11.6 Å². The normalized spacial score (nSPS) is 14.6. The lowest BCUT2D eigenvalue weighted by atomic mass is 9.97.